The van der Waals surface area contributed by atoms with Gasteiger partial charge in [-0.25, -0.2) is 9.97 Å². The van der Waals surface area contributed by atoms with Gasteiger partial charge in [0.15, 0.2) is 0 Å². The maximum atomic E-state index is 5.65. The summed E-state index contributed by atoms with van der Waals surface area (Å²) in [5.74, 6) is 0.758. The highest BCUT2D eigenvalue weighted by molar-refractivity contribution is 6.28. The van der Waals surface area contributed by atoms with E-state index in [1.54, 1.807) is 13.3 Å². The zero-order valence-corrected chi connectivity index (χ0v) is 7.75. The molecular weight excluding hydrogens is 188 g/mol. The van der Waals surface area contributed by atoms with Crippen molar-refractivity contribution in [1.82, 2.24) is 9.97 Å². The Bertz CT molecular complexity index is 445. The first kappa shape index (κ1) is 8.26. The first-order valence-corrected chi connectivity index (χ1v) is 4.14. The fourth-order valence-corrected chi connectivity index (χ4v) is 1.32. The minimum absolute atomic E-state index is 0.251. The number of hydrogen-bond donors (Lipinski definition) is 0. The summed E-state index contributed by atoms with van der Waals surface area (Å²) < 4.78 is 5.14. The molecule has 0 bridgehead atoms. The van der Waals surface area contributed by atoms with Gasteiger partial charge in [0.05, 0.1) is 18.0 Å². The molecule has 0 atom stereocenters. The number of rotatable bonds is 1. The van der Waals surface area contributed by atoms with Gasteiger partial charge in [-0.05, 0) is 23.7 Å². The summed E-state index contributed by atoms with van der Waals surface area (Å²) in [5.41, 5.74) is 0.791. The maximum absolute atomic E-state index is 5.65. The van der Waals surface area contributed by atoms with Crippen molar-refractivity contribution in [1.29, 1.82) is 0 Å². The van der Waals surface area contributed by atoms with Crippen LogP contribution in [0.15, 0.2) is 24.4 Å². The highest BCUT2D eigenvalue weighted by Gasteiger charge is 2.02. The van der Waals surface area contributed by atoms with Crippen molar-refractivity contribution in [2.45, 2.75) is 0 Å². The van der Waals surface area contributed by atoms with E-state index in [1.807, 2.05) is 18.2 Å². The van der Waals surface area contributed by atoms with Gasteiger partial charge in [0.25, 0.3) is 0 Å². The van der Waals surface area contributed by atoms with E-state index in [2.05, 4.69) is 9.97 Å². The van der Waals surface area contributed by atoms with Crippen molar-refractivity contribution in [3.05, 3.63) is 29.7 Å². The molecule has 0 radical (unpaired) electrons. The molecular formula is C9H7ClN2O. The Balaban J connectivity index is 2.77. The average molecular weight is 195 g/mol. The smallest absolute Gasteiger partial charge is 0.222 e. The second-order valence-electron chi connectivity index (χ2n) is 2.53. The standard InChI is InChI=1S/C9H7ClN2O/c1-13-8-4-2-3-7-6(8)5-11-9(10)12-7/h2-5H,1H3. The predicted octanol–water partition coefficient (Wildman–Crippen LogP) is 2.29. The van der Waals surface area contributed by atoms with Gasteiger partial charge in [-0.1, -0.05) is 6.07 Å². The highest BCUT2D eigenvalue weighted by atomic mass is 35.5. The Labute approximate surface area is 80.3 Å². The molecule has 2 rings (SSSR count). The third-order valence-electron chi connectivity index (χ3n) is 1.78. The predicted molar refractivity (Wildman–Crippen MR) is 51.1 cm³/mol. The lowest BCUT2D eigenvalue weighted by atomic mass is 10.2. The van der Waals surface area contributed by atoms with Gasteiger partial charge in [0, 0.05) is 6.20 Å². The van der Waals surface area contributed by atoms with Crippen molar-refractivity contribution in [3.63, 3.8) is 0 Å². The molecule has 0 amide bonds. The normalized spacial score (nSPS) is 10.3. The molecule has 0 saturated heterocycles. The molecule has 0 aliphatic heterocycles. The molecule has 0 saturated carbocycles. The number of hydrogen-bond acceptors (Lipinski definition) is 3. The zero-order valence-electron chi connectivity index (χ0n) is 6.99. The quantitative estimate of drug-likeness (QED) is 0.654. The number of nitrogens with zero attached hydrogens (tertiary/aromatic N) is 2. The van der Waals surface area contributed by atoms with Crippen molar-refractivity contribution < 1.29 is 4.74 Å². The molecule has 13 heavy (non-hydrogen) atoms. The summed E-state index contributed by atoms with van der Waals surface area (Å²) in [6, 6.07) is 5.59. The molecule has 0 unspecified atom stereocenters. The van der Waals surface area contributed by atoms with Crippen LogP contribution in [0, 0.1) is 0 Å². The van der Waals surface area contributed by atoms with Crippen LogP contribution in [0.25, 0.3) is 10.9 Å². The van der Waals surface area contributed by atoms with Crippen molar-refractivity contribution in [3.8, 4) is 5.75 Å². The Hall–Kier alpha value is -1.35. The summed E-state index contributed by atoms with van der Waals surface area (Å²) in [5, 5.41) is 1.12. The van der Waals surface area contributed by atoms with Crippen LogP contribution in [-0.4, -0.2) is 17.1 Å². The molecule has 0 N–H and O–H groups in total. The first-order valence-electron chi connectivity index (χ1n) is 3.76. The van der Waals surface area contributed by atoms with Gasteiger partial charge < -0.3 is 4.74 Å². The van der Waals surface area contributed by atoms with E-state index in [9.17, 15) is 0 Å². The van der Waals surface area contributed by atoms with E-state index in [0.29, 0.717) is 0 Å². The molecule has 1 aromatic carbocycles. The Kier molecular flexibility index (Phi) is 2.02. The number of benzene rings is 1. The van der Waals surface area contributed by atoms with E-state index in [4.69, 9.17) is 16.3 Å². The van der Waals surface area contributed by atoms with E-state index < -0.39 is 0 Å². The van der Waals surface area contributed by atoms with Gasteiger partial charge >= 0.3 is 0 Å². The summed E-state index contributed by atoms with van der Waals surface area (Å²) in [4.78, 5) is 7.95. The third kappa shape index (κ3) is 1.42. The van der Waals surface area contributed by atoms with Crippen LogP contribution in [0.5, 0.6) is 5.75 Å². The number of fused-ring (bicyclic) bond motifs is 1. The summed E-state index contributed by atoms with van der Waals surface area (Å²) in [7, 11) is 1.61. The van der Waals surface area contributed by atoms with Gasteiger partial charge in [0.2, 0.25) is 5.28 Å². The highest BCUT2D eigenvalue weighted by Crippen LogP contribution is 2.23. The van der Waals surface area contributed by atoms with Gasteiger partial charge in [-0.15, -0.1) is 0 Å². The van der Waals surface area contributed by atoms with Crippen LogP contribution in [-0.2, 0) is 0 Å². The van der Waals surface area contributed by atoms with Crippen LogP contribution in [0.4, 0.5) is 0 Å². The second kappa shape index (κ2) is 3.18. The summed E-state index contributed by atoms with van der Waals surface area (Å²) >= 11 is 5.65. The van der Waals surface area contributed by atoms with Crippen LogP contribution < -0.4 is 4.74 Å². The second-order valence-corrected chi connectivity index (χ2v) is 2.87. The third-order valence-corrected chi connectivity index (χ3v) is 1.96. The number of ether oxygens (including phenoxy) is 1. The Morgan fingerprint density at radius 2 is 2.23 bits per heavy atom. The van der Waals surface area contributed by atoms with Crippen LogP contribution in [0.3, 0.4) is 0 Å². The fourth-order valence-electron chi connectivity index (χ4n) is 1.18. The topological polar surface area (TPSA) is 35.0 Å². The van der Waals surface area contributed by atoms with E-state index >= 15 is 0 Å². The average Bonchev–Trinajstić information content (AvgIpc) is 2.16. The molecule has 0 spiro atoms. The van der Waals surface area contributed by atoms with Gasteiger partial charge in [-0.3, -0.25) is 0 Å². The first-order chi connectivity index (χ1) is 6.31. The van der Waals surface area contributed by atoms with Crippen LogP contribution >= 0.6 is 11.6 Å². The molecule has 4 heteroatoms. The van der Waals surface area contributed by atoms with E-state index in [0.717, 1.165) is 16.7 Å². The number of halogens is 1. The Morgan fingerprint density at radius 3 is 3.00 bits per heavy atom. The molecule has 0 aliphatic carbocycles. The van der Waals surface area contributed by atoms with Gasteiger partial charge in [0.1, 0.15) is 5.75 Å². The molecule has 3 nitrogen and oxygen atoms in total. The zero-order chi connectivity index (χ0) is 9.26. The van der Waals surface area contributed by atoms with Gasteiger partial charge in [-0.2, -0.15) is 0 Å². The molecule has 1 heterocycles. The van der Waals surface area contributed by atoms with Crippen molar-refractivity contribution >= 4 is 22.5 Å². The van der Waals surface area contributed by atoms with Crippen molar-refractivity contribution in [2.24, 2.45) is 0 Å². The lowest BCUT2D eigenvalue weighted by Gasteiger charge is -2.03. The molecule has 1 aromatic heterocycles. The lowest BCUT2D eigenvalue weighted by Crippen LogP contribution is -1.88. The molecule has 2 aromatic rings. The van der Waals surface area contributed by atoms with E-state index in [-0.39, 0.29) is 5.28 Å². The SMILES string of the molecule is COc1cccc2nc(Cl)ncc12. The molecule has 0 aliphatic rings. The van der Waals surface area contributed by atoms with Crippen LogP contribution in [0.1, 0.15) is 0 Å². The monoisotopic (exact) mass is 194 g/mol. The van der Waals surface area contributed by atoms with E-state index in [1.165, 1.54) is 0 Å². The molecule has 0 fully saturated rings. The minimum atomic E-state index is 0.251. The maximum Gasteiger partial charge on any atom is 0.222 e. The molecule has 66 valence electrons. The summed E-state index contributed by atoms with van der Waals surface area (Å²) in [6.07, 6.45) is 1.66. The minimum Gasteiger partial charge on any atom is -0.496 e. The number of aromatic nitrogens is 2. The lowest BCUT2D eigenvalue weighted by molar-refractivity contribution is 0.419. The fraction of sp³-hybridized carbons (Fsp3) is 0.111. The largest absolute Gasteiger partial charge is 0.496 e. The van der Waals surface area contributed by atoms with Crippen molar-refractivity contribution in [2.75, 3.05) is 7.11 Å². The van der Waals surface area contributed by atoms with Crippen LogP contribution in [0.2, 0.25) is 5.28 Å². The summed E-state index contributed by atoms with van der Waals surface area (Å²) in [6.45, 7) is 0. The Morgan fingerprint density at radius 1 is 1.38 bits per heavy atom. The number of methoxy groups -OCH3 is 1.